The van der Waals surface area contributed by atoms with Crippen molar-refractivity contribution in [2.75, 3.05) is 7.11 Å². The lowest BCUT2D eigenvalue weighted by Gasteiger charge is -2.19. The van der Waals surface area contributed by atoms with Crippen molar-refractivity contribution >= 4 is 51.6 Å². The molecule has 112 valence electrons. The summed E-state index contributed by atoms with van der Waals surface area (Å²) in [4.78, 5) is 26.1. The van der Waals surface area contributed by atoms with Crippen molar-refractivity contribution < 1.29 is 14.3 Å². The van der Waals surface area contributed by atoms with E-state index in [2.05, 4.69) is 22.6 Å². The highest BCUT2D eigenvalue weighted by molar-refractivity contribution is 14.1. The molecule has 6 heteroatoms. The number of hydrogen-bond acceptors (Lipinski definition) is 4. The number of ether oxygens (including phenoxy) is 1. The summed E-state index contributed by atoms with van der Waals surface area (Å²) >= 11 is 3.18. The van der Waals surface area contributed by atoms with E-state index in [4.69, 9.17) is 4.74 Å². The molecule has 1 aliphatic rings. The number of amides is 2. The molecule has 1 aromatic rings. The number of carbonyl (C=O) groups is 2. The Balaban J connectivity index is 2.28. The first kappa shape index (κ1) is 16.4. The molecule has 1 heterocycles. The number of halogens is 1. The first-order valence-corrected chi connectivity index (χ1v) is 8.48. The predicted octanol–water partition coefficient (Wildman–Crippen LogP) is 4.13. The summed E-state index contributed by atoms with van der Waals surface area (Å²) in [5.41, 5.74) is 0.884. The van der Waals surface area contributed by atoms with E-state index in [1.807, 2.05) is 32.0 Å². The van der Waals surface area contributed by atoms with Crippen LogP contribution in [0.1, 0.15) is 25.8 Å². The van der Waals surface area contributed by atoms with Gasteiger partial charge in [-0.15, -0.1) is 0 Å². The zero-order chi connectivity index (χ0) is 15.6. The molecule has 0 spiro atoms. The van der Waals surface area contributed by atoms with Gasteiger partial charge in [-0.2, -0.15) is 0 Å². The molecule has 0 N–H and O–H groups in total. The van der Waals surface area contributed by atoms with Crippen molar-refractivity contribution in [3.05, 3.63) is 32.2 Å². The molecule has 0 radical (unpaired) electrons. The minimum absolute atomic E-state index is 0.0700. The van der Waals surface area contributed by atoms with E-state index in [1.54, 1.807) is 13.2 Å². The van der Waals surface area contributed by atoms with Crippen LogP contribution >= 0.6 is 34.4 Å². The minimum Gasteiger partial charge on any atom is -0.496 e. The lowest BCUT2D eigenvalue weighted by molar-refractivity contribution is -0.124. The van der Waals surface area contributed by atoms with Gasteiger partial charge < -0.3 is 4.74 Å². The maximum absolute atomic E-state index is 12.3. The molecule has 0 aliphatic carbocycles. The summed E-state index contributed by atoms with van der Waals surface area (Å²) in [5, 5.41) is -0.191. The normalized spacial score (nSPS) is 18.5. The number of carbonyl (C=O) groups excluding carboxylic acids is 2. The van der Waals surface area contributed by atoms with Crippen LogP contribution in [0, 0.1) is 3.57 Å². The fourth-order valence-electron chi connectivity index (χ4n) is 1.97. The highest BCUT2D eigenvalue weighted by Crippen LogP contribution is 2.34. The number of benzene rings is 1. The number of rotatable bonds is 4. The number of imide groups is 1. The predicted molar refractivity (Wildman–Crippen MR) is 93.3 cm³/mol. The minimum atomic E-state index is -0.204. The second-order valence-electron chi connectivity index (χ2n) is 4.70. The van der Waals surface area contributed by atoms with Crippen LogP contribution in [0.5, 0.6) is 5.75 Å². The van der Waals surface area contributed by atoms with Crippen molar-refractivity contribution in [1.82, 2.24) is 4.90 Å². The monoisotopic (exact) mass is 417 g/mol. The first-order valence-electron chi connectivity index (χ1n) is 6.58. The van der Waals surface area contributed by atoms with Crippen LogP contribution in [0.25, 0.3) is 6.08 Å². The Kier molecular flexibility index (Phi) is 5.32. The molecule has 1 saturated heterocycles. The van der Waals surface area contributed by atoms with E-state index < -0.39 is 0 Å². The molecule has 2 amide bonds. The molecule has 1 atom stereocenters. The third-order valence-electron chi connectivity index (χ3n) is 3.33. The average Bonchev–Trinajstić information content (AvgIpc) is 2.73. The molecule has 2 rings (SSSR count). The molecule has 1 aromatic carbocycles. The van der Waals surface area contributed by atoms with Crippen LogP contribution < -0.4 is 4.74 Å². The lowest BCUT2D eigenvalue weighted by atomic mass is 10.2. The quantitative estimate of drug-likeness (QED) is 0.546. The van der Waals surface area contributed by atoms with Gasteiger partial charge in [0, 0.05) is 6.04 Å². The molecule has 4 nitrogen and oxygen atoms in total. The van der Waals surface area contributed by atoms with Gasteiger partial charge in [-0.1, -0.05) is 13.0 Å². The van der Waals surface area contributed by atoms with Crippen molar-refractivity contribution in [2.45, 2.75) is 26.3 Å². The maximum atomic E-state index is 12.3. The lowest BCUT2D eigenvalue weighted by Crippen LogP contribution is -2.36. The van der Waals surface area contributed by atoms with E-state index in [9.17, 15) is 9.59 Å². The van der Waals surface area contributed by atoms with Gasteiger partial charge in [0.25, 0.3) is 11.1 Å². The fraction of sp³-hybridized carbons (Fsp3) is 0.333. The SMILES string of the molecule is CCC(C)N1C(=O)SC(=Cc2ccc(OC)c(I)c2)C1=O. The Hall–Kier alpha value is -1.02. The zero-order valence-corrected chi connectivity index (χ0v) is 15.0. The van der Waals surface area contributed by atoms with Crippen molar-refractivity contribution in [3.63, 3.8) is 0 Å². The number of thioether (sulfide) groups is 1. The fourth-order valence-corrected chi connectivity index (χ4v) is 3.66. The highest BCUT2D eigenvalue weighted by atomic mass is 127. The maximum Gasteiger partial charge on any atom is 0.293 e. The molecule has 21 heavy (non-hydrogen) atoms. The second kappa shape index (κ2) is 6.83. The number of methoxy groups -OCH3 is 1. The molecular formula is C15H16INO3S. The van der Waals surface area contributed by atoms with Crippen molar-refractivity contribution in [2.24, 2.45) is 0 Å². The Labute approximate surface area is 142 Å². The van der Waals surface area contributed by atoms with Gasteiger partial charge in [-0.3, -0.25) is 14.5 Å². The second-order valence-corrected chi connectivity index (χ2v) is 6.86. The molecular weight excluding hydrogens is 401 g/mol. The summed E-state index contributed by atoms with van der Waals surface area (Å²) in [6.45, 7) is 3.85. The summed E-state index contributed by atoms with van der Waals surface area (Å²) in [6, 6.07) is 5.58. The van der Waals surface area contributed by atoms with Gasteiger partial charge in [-0.25, -0.2) is 0 Å². The largest absolute Gasteiger partial charge is 0.496 e. The zero-order valence-electron chi connectivity index (χ0n) is 12.1. The van der Waals surface area contributed by atoms with E-state index >= 15 is 0 Å². The van der Waals surface area contributed by atoms with Gasteiger partial charge in [0.05, 0.1) is 15.6 Å². The first-order chi connectivity index (χ1) is 9.97. The number of nitrogens with zero attached hydrogens (tertiary/aromatic N) is 1. The van der Waals surface area contributed by atoms with Crippen LogP contribution in [0.2, 0.25) is 0 Å². The van der Waals surface area contributed by atoms with E-state index in [0.29, 0.717) is 4.91 Å². The summed E-state index contributed by atoms with van der Waals surface area (Å²) < 4.78 is 6.17. The Bertz CT molecular complexity index is 615. The molecule has 1 fully saturated rings. The van der Waals surface area contributed by atoms with E-state index in [1.165, 1.54) is 4.90 Å². The summed E-state index contributed by atoms with van der Waals surface area (Å²) in [7, 11) is 1.62. The molecule has 0 bridgehead atoms. The molecule has 0 saturated carbocycles. The topological polar surface area (TPSA) is 46.6 Å². The van der Waals surface area contributed by atoms with Gasteiger partial charge in [-0.05, 0) is 71.5 Å². The van der Waals surface area contributed by atoms with Crippen LogP contribution in [0.15, 0.2) is 23.1 Å². The van der Waals surface area contributed by atoms with Crippen molar-refractivity contribution in [3.8, 4) is 5.75 Å². The van der Waals surface area contributed by atoms with Gasteiger partial charge in [0.15, 0.2) is 0 Å². The van der Waals surface area contributed by atoms with Crippen LogP contribution in [0.3, 0.4) is 0 Å². The Morgan fingerprint density at radius 1 is 1.43 bits per heavy atom. The van der Waals surface area contributed by atoms with Gasteiger partial charge in [0.2, 0.25) is 0 Å². The molecule has 0 aromatic heterocycles. The highest BCUT2D eigenvalue weighted by Gasteiger charge is 2.37. The van der Waals surface area contributed by atoms with Crippen LogP contribution in [0.4, 0.5) is 4.79 Å². The molecule has 1 unspecified atom stereocenters. The van der Waals surface area contributed by atoms with Gasteiger partial charge in [0.1, 0.15) is 5.75 Å². The summed E-state index contributed by atoms with van der Waals surface area (Å²) in [5.74, 6) is 0.589. The number of hydrogen-bond donors (Lipinski definition) is 0. The van der Waals surface area contributed by atoms with Gasteiger partial charge >= 0.3 is 0 Å². The van der Waals surface area contributed by atoms with Crippen LogP contribution in [-0.4, -0.2) is 29.2 Å². The van der Waals surface area contributed by atoms with Crippen LogP contribution in [-0.2, 0) is 4.79 Å². The van der Waals surface area contributed by atoms with E-state index in [0.717, 1.165) is 33.1 Å². The smallest absolute Gasteiger partial charge is 0.293 e. The average molecular weight is 417 g/mol. The van der Waals surface area contributed by atoms with E-state index in [-0.39, 0.29) is 17.2 Å². The molecule has 1 aliphatic heterocycles. The third-order valence-corrected chi connectivity index (χ3v) is 5.06. The Morgan fingerprint density at radius 3 is 2.71 bits per heavy atom. The standard InChI is InChI=1S/C15H16INO3S/c1-4-9(2)17-14(18)13(21-15(17)19)8-10-5-6-12(20-3)11(16)7-10/h5-9H,4H2,1-3H3. The summed E-state index contributed by atoms with van der Waals surface area (Å²) in [6.07, 6.45) is 2.51. The third kappa shape index (κ3) is 3.42. The Morgan fingerprint density at radius 2 is 2.14 bits per heavy atom. The van der Waals surface area contributed by atoms with Crippen molar-refractivity contribution in [1.29, 1.82) is 0 Å².